The van der Waals surface area contributed by atoms with E-state index in [1.165, 1.54) is 0 Å². The van der Waals surface area contributed by atoms with Gasteiger partial charge < -0.3 is 10.2 Å². The maximum atomic E-state index is 11.4. The number of nitrogens with zero attached hydrogens (tertiary/aromatic N) is 1. The van der Waals surface area contributed by atoms with E-state index in [4.69, 9.17) is 11.6 Å². The van der Waals surface area contributed by atoms with E-state index in [2.05, 4.69) is 10.2 Å². The fourth-order valence-corrected chi connectivity index (χ4v) is 4.28. The number of hydrogen-bond acceptors (Lipinski definition) is 4. The Morgan fingerprint density at radius 2 is 2.16 bits per heavy atom. The topological polar surface area (TPSA) is 49.4 Å². The first kappa shape index (κ1) is 14.6. The maximum Gasteiger partial charge on any atom is 0.151 e. The lowest BCUT2D eigenvalue weighted by Gasteiger charge is -2.23. The number of anilines is 1. The van der Waals surface area contributed by atoms with Crippen LogP contribution < -0.4 is 5.32 Å². The summed E-state index contributed by atoms with van der Waals surface area (Å²) >= 11 is 6.05. The van der Waals surface area contributed by atoms with Crippen molar-refractivity contribution in [2.24, 2.45) is 0 Å². The van der Waals surface area contributed by atoms with Crippen molar-refractivity contribution in [2.75, 3.05) is 37.0 Å². The molecule has 4 nitrogen and oxygen atoms in total. The number of benzene rings is 1. The summed E-state index contributed by atoms with van der Waals surface area (Å²) < 4.78 is 22.9. The van der Waals surface area contributed by atoms with Gasteiger partial charge in [-0.05, 0) is 25.6 Å². The number of hydrogen-bond donors (Lipinski definition) is 1. The van der Waals surface area contributed by atoms with Gasteiger partial charge in [0.25, 0.3) is 0 Å². The van der Waals surface area contributed by atoms with Crippen LogP contribution >= 0.6 is 11.6 Å². The third-order valence-corrected chi connectivity index (χ3v) is 5.57. The van der Waals surface area contributed by atoms with Gasteiger partial charge in [-0.1, -0.05) is 23.7 Å². The van der Waals surface area contributed by atoms with Crippen LogP contribution in [0, 0.1) is 0 Å². The molecule has 1 fully saturated rings. The Labute approximate surface area is 119 Å². The fraction of sp³-hybridized carbons (Fsp3) is 0.538. The molecule has 1 aromatic rings. The molecule has 19 heavy (non-hydrogen) atoms. The van der Waals surface area contributed by atoms with Crippen molar-refractivity contribution in [3.05, 3.63) is 29.3 Å². The van der Waals surface area contributed by atoms with Gasteiger partial charge in [0.2, 0.25) is 0 Å². The quantitative estimate of drug-likeness (QED) is 0.902. The summed E-state index contributed by atoms with van der Waals surface area (Å²) in [7, 11) is -0.836. The Morgan fingerprint density at radius 1 is 1.42 bits per heavy atom. The lowest BCUT2D eigenvalue weighted by atomic mass is 10.2. The largest absolute Gasteiger partial charge is 0.383 e. The molecule has 1 aromatic carbocycles. The van der Waals surface area contributed by atoms with Crippen molar-refractivity contribution in [3.63, 3.8) is 0 Å². The Balaban J connectivity index is 1.79. The van der Waals surface area contributed by atoms with Crippen molar-refractivity contribution in [2.45, 2.75) is 12.5 Å². The molecule has 1 aliphatic rings. The summed E-state index contributed by atoms with van der Waals surface area (Å²) in [6.07, 6.45) is 0.741. The average molecular weight is 303 g/mol. The first-order valence-corrected chi connectivity index (χ1v) is 8.57. The van der Waals surface area contributed by atoms with Crippen LogP contribution in [0.15, 0.2) is 24.3 Å². The summed E-state index contributed by atoms with van der Waals surface area (Å²) in [5.41, 5.74) is 0.914. The molecule has 1 N–H and O–H groups in total. The van der Waals surface area contributed by atoms with Gasteiger partial charge in [0, 0.05) is 19.1 Å². The zero-order valence-corrected chi connectivity index (χ0v) is 12.5. The molecular formula is C13H19ClN2O2S. The van der Waals surface area contributed by atoms with Crippen molar-refractivity contribution < 1.29 is 8.42 Å². The maximum absolute atomic E-state index is 11.4. The van der Waals surface area contributed by atoms with E-state index in [-0.39, 0.29) is 11.8 Å². The number of sulfone groups is 1. The van der Waals surface area contributed by atoms with Crippen LogP contribution in [-0.2, 0) is 9.84 Å². The smallest absolute Gasteiger partial charge is 0.151 e. The number of rotatable bonds is 5. The van der Waals surface area contributed by atoms with Crippen molar-refractivity contribution in [3.8, 4) is 0 Å². The molecule has 1 atom stereocenters. The van der Waals surface area contributed by atoms with Crippen LogP contribution in [-0.4, -0.2) is 51.0 Å². The third-order valence-electron chi connectivity index (χ3n) is 3.49. The molecule has 1 heterocycles. The third kappa shape index (κ3) is 4.09. The normalized spacial score (nSPS) is 21.7. The van der Waals surface area contributed by atoms with E-state index >= 15 is 0 Å². The predicted molar refractivity (Wildman–Crippen MR) is 79.6 cm³/mol. The van der Waals surface area contributed by atoms with Crippen LogP contribution in [0.2, 0.25) is 5.02 Å². The highest BCUT2D eigenvalue weighted by molar-refractivity contribution is 7.91. The monoisotopic (exact) mass is 302 g/mol. The summed E-state index contributed by atoms with van der Waals surface area (Å²) in [5.74, 6) is 0.607. The molecule has 6 heteroatoms. The molecule has 0 amide bonds. The SMILES string of the molecule is CN(CCNc1ccccc1Cl)C1CCS(=O)(=O)C1. The standard InChI is InChI=1S/C13H19ClN2O2S/c1-16(11-6-9-19(17,18)10-11)8-7-15-13-5-3-2-4-12(13)14/h2-5,11,15H,6-10H2,1H3. The van der Waals surface area contributed by atoms with E-state index in [9.17, 15) is 8.42 Å². The molecule has 0 bridgehead atoms. The summed E-state index contributed by atoms with van der Waals surface area (Å²) in [4.78, 5) is 2.11. The minimum Gasteiger partial charge on any atom is -0.383 e. The molecule has 0 radical (unpaired) electrons. The number of para-hydroxylation sites is 1. The second-order valence-electron chi connectivity index (χ2n) is 4.94. The number of halogens is 1. The minimum absolute atomic E-state index is 0.151. The van der Waals surface area contributed by atoms with Crippen LogP contribution in [0.5, 0.6) is 0 Å². The zero-order valence-electron chi connectivity index (χ0n) is 11.0. The highest BCUT2D eigenvalue weighted by Crippen LogP contribution is 2.20. The Morgan fingerprint density at radius 3 is 2.79 bits per heavy atom. The van der Waals surface area contributed by atoms with E-state index in [0.717, 1.165) is 25.2 Å². The Kier molecular flexibility index (Phi) is 4.71. The van der Waals surface area contributed by atoms with Crippen LogP contribution in [0.3, 0.4) is 0 Å². The molecule has 1 aliphatic heterocycles. The van der Waals surface area contributed by atoms with Crippen molar-refractivity contribution in [1.29, 1.82) is 0 Å². The summed E-state index contributed by atoms with van der Waals surface area (Å²) in [6.45, 7) is 1.54. The van der Waals surface area contributed by atoms with Crippen LogP contribution in [0.4, 0.5) is 5.69 Å². The molecule has 0 saturated carbocycles. The fourth-order valence-electron chi connectivity index (χ4n) is 2.28. The van der Waals surface area contributed by atoms with E-state index in [1.54, 1.807) is 0 Å². The van der Waals surface area contributed by atoms with Crippen molar-refractivity contribution in [1.82, 2.24) is 4.90 Å². The van der Waals surface area contributed by atoms with Gasteiger partial charge in [0.15, 0.2) is 9.84 Å². The van der Waals surface area contributed by atoms with E-state index in [1.807, 2.05) is 31.3 Å². The van der Waals surface area contributed by atoms with Crippen LogP contribution in [0.1, 0.15) is 6.42 Å². The first-order valence-electron chi connectivity index (χ1n) is 6.37. The Bertz CT molecular complexity index is 533. The van der Waals surface area contributed by atoms with Gasteiger partial charge in [-0.2, -0.15) is 0 Å². The second kappa shape index (κ2) is 6.11. The van der Waals surface area contributed by atoms with Gasteiger partial charge in [-0.15, -0.1) is 0 Å². The average Bonchev–Trinajstić information content (AvgIpc) is 2.72. The highest BCUT2D eigenvalue weighted by atomic mass is 35.5. The molecule has 0 aromatic heterocycles. The molecule has 106 valence electrons. The predicted octanol–water partition coefficient (Wildman–Crippen LogP) is 1.87. The molecule has 1 saturated heterocycles. The van der Waals surface area contributed by atoms with Crippen LogP contribution in [0.25, 0.3) is 0 Å². The number of likely N-dealkylation sites (N-methyl/N-ethyl adjacent to an activating group) is 1. The summed E-state index contributed by atoms with van der Waals surface area (Å²) in [6, 6.07) is 7.75. The molecule has 2 rings (SSSR count). The highest BCUT2D eigenvalue weighted by Gasteiger charge is 2.30. The van der Waals surface area contributed by atoms with Gasteiger partial charge in [-0.25, -0.2) is 8.42 Å². The van der Waals surface area contributed by atoms with Gasteiger partial charge in [0.05, 0.1) is 22.2 Å². The number of nitrogens with one attached hydrogen (secondary N) is 1. The zero-order chi connectivity index (χ0) is 13.9. The first-order chi connectivity index (χ1) is 8.98. The second-order valence-corrected chi connectivity index (χ2v) is 7.58. The van der Waals surface area contributed by atoms with E-state index < -0.39 is 9.84 Å². The Hall–Kier alpha value is -0.780. The van der Waals surface area contributed by atoms with Gasteiger partial charge in [0.1, 0.15) is 0 Å². The minimum atomic E-state index is -2.81. The molecule has 1 unspecified atom stereocenters. The molecular weight excluding hydrogens is 284 g/mol. The van der Waals surface area contributed by atoms with E-state index in [0.29, 0.717) is 10.8 Å². The van der Waals surface area contributed by atoms with Crippen molar-refractivity contribution >= 4 is 27.1 Å². The van der Waals surface area contributed by atoms with Gasteiger partial charge in [-0.3, -0.25) is 0 Å². The molecule has 0 aliphatic carbocycles. The van der Waals surface area contributed by atoms with Gasteiger partial charge >= 0.3 is 0 Å². The lowest BCUT2D eigenvalue weighted by molar-refractivity contribution is 0.272. The lowest BCUT2D eigenvalue weighted by Crippen LogP contribution is -2.36. The summed E-state index contributed by atoms with van der Waals surface area (Å²) in [5, 5.41) is 3.97. The molecule has 0 spiro atoms.